The standard InChI is InChI=1S/C12H15ClN6O2S2/c1-7-10(5-14-18-8(2)15-16-12(18)22)11(13)19(17-7)9-3-4-23(20,21)6-9/h5,9H,3-4,6H2,1-2H3,(H,16,22)/t9-/m0/s1. The van der Waals surface area contributed by atoms with Gasteiger partial charge in [-0.3, -0.25) is 5.10 Å². The third kappa shape index (κ3) is 3.10. The zero-order valence-electron chi connectivity index (χ0n) is 12.5. The number of aromatic nitrogens is 5. The Labute approximate surface area is 143 Å². The van der Waals surface area contributed by atoms with Gasteiger partial charge in [0.15, 0.2) is 9.84 Å². The number of rotatable bonds is 3. The van der Waals surface area contributed by atoms with E-state index < -0.39 is 9.84 Å². The first kappa shape index (κ1) is 16.3. The first-order valence-electron chi connectivity index (χ1n) is 6.92. The van der Waals surface area contributed by atoms with E-state index in [0.717, 1.165) is 0 Å². The minimum atomic E-state index is -3.01. The predicted octanol–water partition coefficient (Wildman–Crippen LogP) is 1.65. The van der Waals surface area contributed by atoms with Crippen LogP contribution in [-0.4, -0.2) is 50.8 Å². The van der Waals surface area contributed by atoms with Gasteiger partial charge < -0.3 is 0 Å². The lowest BCUT2D eigenvalue weighted by atomic mass is 10.2. The third-order valence-electron chi connectivity index (χ3n) is 3.74. The van der Waals surface area contributed by atoms with Crippen LogP contribution in [0.1, 0.15) is 29.5 Å². The topological polar surface area (TPSA) is 97.9 Å². The molecule has 0 unspecified atom stereocenters. The zero-order valence-corrected chi connectivity index (χ0v) is 14.9. The quantitative estimate of drug-likeness (QED) is 0.650. The fourth-order valence-electron chi connectivity index (χ4n) is 2.51. The summed E-state index contributed by atoms with van der Waals surface area (Å²) in [6.07, 6.45) is 2.08. The number of aryl methyl sites for hydroxylation is 2. The van der Waals surface area contributed by atoms with Crippen LogP contribution in [0, 0.1) is 18.6 Å². The molecule has 1 fully saturated rings. The minimum absolute atomic E-state index is 0.0658. The van der Waals surface area contributed by atoms with Gasteiger partial charge in [0.25, 0.3) is 0 Å². The summed E-state index contributed by atoms with van der Waals surface area (Å²) in [5.74, 6) is 0.852. The van der Waals surface area contributed by atoms with Crippen LogP contribution in [0.2, 0.25) is 5.15 Å². The second-order valence-electron chi connectivity index (χ2n) is 5.42. The molecular formula is C12H15ClN6O2S2. The summed E-state index contributed by atoms with van der Waals surface area (Å²) in [6, 6.07) is -0.230. The van der Waals surface area contributed by atoms with E-state index in [-0.39, 0.29) is 17.5 Å². The first-order valence-corrected chi connectivity index (χ1v) is 9.52. The molecule has 0 aromatic carbocycles. The summed E-state index contributed by atoms with van der Waals surface area (Å²) in [6.45, 7) is 3.57. The summed E-state index contributed by atoms with van der Waals surface area (Å²) >= 11 is 11.5. The van der Waals surface area contributed by atoms with Crippen molar-refractivity contribution < 1.29 is 8.42 Å². The normalized spacial score (nSPS) is 20.6. The van der Waals surface area contributed by atoms with Crippen LogP contribution < -0.4 is 0 Å². The van der Waals surface area contributed by atoms with Crippen molar-refractivity contribution in [1.29, 1.82) is 0 Å². The molecular weight excluding hydrogens is 360 g/mol. The molecule has 2 aromatic rings. The number of hydrogen-bond donors (Lipinski definition) is 1. The van der Waals surface area contributed by atoms with E-state index in [1.165, 1.54) is 4.68 Å². The van der Waals surface area contributed by atoms with Gasteiger partial charge in [-0.2, -0.15) is 20.0 Å². The van der Waals surface area contributed by atoms with E-state index in [2.05, 4.69) is 20.4 Å². The molecule has 0 amide bonds. The van der Waals surface area contributed by atoms with E-state index in [9.17, 15) is 8.42 Å². The van der Waals surface area contributed by atoms with E-state index in [4.69, 9.17) is 23.8 Å². The van der Waals surface area contributed by atoms with Gasteiger partial charge >= 0.3 is 0 Å². The summed E-state index contributed by atoms with van der Waals surface area (Å²) in [4.78, 5) is 0. The van der Waals surface area contributed by atoms with Crippen molar-refractivity contribution in [1.82, 2.24) is 24.7 Å². The van der Waals surface area contributed by atoms with E-state index in [1.54, 1.807) is 24.7 Å². The second kappa shape index (κ2) is 5.84. The number of sulfone groups is 1. The van der Waals surface area contributed by atoms with Crippen LogP contribution in [0.25, 0.3) is 0 Å². The largest absolute Gasteiger partial charge is 0.250 e. The van der Waals surface area contributed by atoms with Crippen LogP contribution >= 0.6 is 23.8 Å². The molecule has 23 heavy (non-hydrogen) atoms. The average molecular weight is 375 g/mol. The Balaban J connectivity index is 1.94. The van der Waals surface area contributed by atoms with Gasteiger partial charge in [-0.25, -0.2) is 13.1 Å². The second-order valence-corrected chi connectivity index (χ2v) is 8.40. The maximum absolute atomic E-state index is 11.6. The summed E-state index contributed by atoms with van der Waals surface area (Å²) < 4.78 is 26.7. The lowest BCUT2D eigenvalue weighted by Gasteiger charge is -2.09. The minimum Gasteiger partial charge on any atom is -0.250 e. The molecule has 8 nitrogen and oxygen atoms in total. The van der Waals surface area contributed by atoms with Crippen LogP contribution in [0.4, 0.5) is 0 Å². The molecule has 1 saturated heterocycles. The lowest BCUT2D eigenvalue weighted by Crippen LogP contribution is -2.12. The molecule has 11 heteroatoms. The molecule has 0 aliphatic carbocycles. The number of hydrogen-bond acceptors (Lipinski definition) is 6. The molecule has 1 aliphatic heterocycles. The van der Waals surface area contributed by atoms with Crippen molar-refractivity contribution in [2.24, 2.45) is 5.10 Å². The lowest BCUT2D eigenvalue weighted by molar-refractivity contribution is 0.497. The number of nitrogens with one attached hydrogen (secondary N) is 1. The molecule has 0 radical (unpaired) electrons. The maximum Gasteiger partial charge on any atom is 0.216 e. The molecule has 3 rings (SSSR count). The van der Waals surface area contributed by atoms with Crippen molar-refractivity contribution in [3.8, 4) is 0 Å². The molecule has 0 spiro atoms. The van der Waals surface area contributed by atoms with Crippen molar-refractivity contribution in [3.63, 3.8) is 0 Å². The molecule has 1 atom stereocenters. The fourth-order valence-corrected chi connectivity index (χ4v) is 4.79. The Morgan fingerprint density at radius 1 is 1.48 bits per heavy atom. The van der Waals surface area contributed by atoms with Gasteiger partial charge in [-0.05, 0) is 32.5 Å². The van der Waals surface area contributed by atoms with Gasteiger partial charge in [0, 0.05) is 0 Å². The Kier molecular flexibility index (Phi) is 4.15. The molecule has 2 aromatic heterocycles. The number of halogens is 1. The first-order chi connectivity index (χ1) is 10.8. The van der Waals surface area contributed by atoms with Crippen LogP contribution in [0.3, 0.4) is 0 Å². The Morgan fingerprint density at radius 2 is 2.22 bits per heavy atom. The number of H-pyrrole nitrogens is 1. The van der Waals surface area contributed by atoms with Crippen molar-refractivity contribution >= 4 is 39.9 Å². The molecule has 0 saturated carbocycles. The van der Waals surface area contributed by atoms with Crippen molar-refractivity contribution in [2.45, 2.75) is 26.3 Å². The van der Waals surface area contributed by atoms with Gasteiger partial charge in [0.2, 0.25) is 4.77 Å². The Morgan fingerprint density at radius 3 is 2.78 bits per heavy atom. The highest BCUT2D eigenvalue weighted by Gasteiger charge is 2.31. The van der Waals surface area contributed by atoms with Crippen molar-refractivity contribution in [2.75, 3.05) is 11.5 Å². The number of nitrogens with zero attached hydrogens (tertiary/aromatic N) is 5. The van der Waals surface area contributed by atoms with Crippen LogP contribution in [0.15, 0.2) is 5.10 Å². The monoisotopic (exact) mass is 374 g/mol. The molecule has 0 bridgehead atoms. The van der Waals surface area contributed by atoms with Gasteiger partial charge in [-0.15, -0.1) is 0 Å². The molecule has 3 heterocycles. The van der Waals surface area contributed by atoms with E-state index in [1.807, 2.05) is 0 Å². The summed E-state index contributed by atoms with van der Waals surface area (Å²) in [7, 11) is -3.01. The van der Waals surface area contributed by atoms with E-state index in [0.29, 0.717) is 33.4 Å². The third-order valence-corrected chi connectivity index (χ3v) is 6.13. The summed E-state index contributed by atoms with van der Waals surface area (Å²) in [5, 5.41) is 15.6. The smallest absolute Gasteiger partial charge is 0.216 e. The Hall–Kier alpha value is -1.52. The molecule has 124 valence electrons. The predicted molar refractivity (Wildman–Crippen MR) is 89.4 cm³/mol. The molecule has 1 aliphatic rings. The fraction of sp³-hybridized carbons (Fsp3) is 0.500. The maximum atomic E-state index is 11.6. The van der Waals surface area contributed by atoms with Crippen molar-refractivity contribution in [3.05, 3.63) is 27.0 Å². The van der Waals surface area contributed by atoms with Gasteiger partial charge in [0.1, 0.15) is 11.0 Å². The SMILES string of the molecule is Cc1nn([C@H]2CCS(=O)(=O)C2)c(Cl)c1C=Nn1c(C)n[nH]c1=S. The average Bonchev–Trinajstić information content (AvgIpc) is 3.08. The van der Waals surface area contributed by atoms with Gasteiger partial charge in [0.05, 0.1) is 35.0 Å². The van der Waals surface area contributed by atoms with Crippen LogP contribution in [0.5, 0.6) is 0 Å². The van der Waals surface area contributed by atoms with Gasteiger partial charge in [-0.1, -0.05) is 11.6 Å². The van der Waals surface area contributed by atoms with Crippen LogP contribution in [-0.2, 0) is 9.84 Å². The summed E-state index contributed by atoms with van der Waals surface area (Å²) in [5.41, 5.74) is 1.31. The highest BCUT2D eigenvalue weighted by Crippen LogP contribution is 2.29. The zero-order chi connectivity index (χ0) is 16.8. The van der Waals surface area contributed by atoms with E-state index >= 15 is 0 Å². The Bertz CT molecular complexity index is 939. The molecule has 1 N–H and O–H groups in total. The highest BCUT2D eigenvalue weighted by molar-refractivity contribution is 7.91. The number of aromatic amines is 1. The highest BCUT2D eigenvalue weighted by atomic mass is 35.5.